The van der Waals surface area contributed by atoms with Crippen molar-refractivity contribution in [3.63, 3.8) is 0 Å². The SMILES string of the molecule is COC(=O)COc1cccc(NC(=O)c2csc(-c3ccccc3)n2)c1. The third-order valence-corrected chi connectivity index (χ3v) is 4.33. The Kier molecular flexibility index (Phi) is 5.60. The van der Waals surface area contributed by atoms with E-state index in [1.165, 1.54) is 18.4 Å². The number of thiazole rings is 1. The summed E-state index contributed by atoms with van der Waals surface area (Å²) in [5.74, 6) is -0.333. The van der Waals surface area contributed by atoms with Gasteiger partial charge in [0.15, 0.2) is 6.61 Å². The average Bonchev–Trinajstić information content (AvgIpc) is 3.17. The predicted molar refractivity (Wildman–Crippen MR) is 99.5 cm³/mol. The van der Waals surface area contributed by atoms with Gasteiger partial charge in [0.1, 0.15) is 16.5 Å². The average molecular weight is 368 g/mol. The first-order valence-electron chi connectivity index (χ1n) is 7.77. The molecule has 0 aliphatic carbocycles. The maximum absolute atomic E-state index is 12.4. The first kappa shape index (κ1) is 17.6. The number of methoxy groups -OCH3 is 1. The zero-order valence-electron chi connectivity index (χ0n) is 14.0. The van der Waals surface area contributed by atoms with Crippen LogP contribution in [0.15, 0.2) is 60.0 Å². The second-order valence-corrected chi connectivity index (χ2v) is 6.11. The van der Waals surface area contributed by atoms with Crippen molar-refractivity contribution in [3.8, 4) is 16.3 Å². The molecule has 0 unspecified atom stereocenters. The maximum atomic E-state index is 12.4. The molecule has 0 radical (unpaired) electrons. The van der Waals surface area contributed by atoms with E-state index in [-0.39, 0.29) is 12.5 Å². The highest BCUT2D eigenvalue weighted by Crippen LogP contribution is 2.24. The zero-order valence-corrected chi connectivity index (χ0v) is 14.8. The number of ether oxygens (including phenoxy) is 2. The Morgan fingerprint density at radius 2 is 1.92 bits per heavy atom. The van der Waals surface area contributed by atoms with Crippen LogP contribution in [-0.2, 0) is 9.53 Å². The topological polar surface area (TPSA) is 77.5 Å². The Morgan fingerprint density at radius 3 is 2.69 bits per heavy atom. The molecule has 0 saturated carbocycles. The van der Waals surface area contributed by atoms with E-state index in [0.717, 1.165) is 10.6 Å². The summed E-state index contributed by atoms with van der Waals surface area (Å²) in [5, 5.41) is 5.27. The number of aromatic nitrogens is 1. The van der Waals surface area contributed by atoms with Crippen LogP contribution in [0.5, 0.6) is 5.75 Å². The normalized spacial score (nSPS) is 10.2. The Hall–Kier alpha value is -3.19. The van der Waals surface area contributed by atoms with Crippen molar-refractivity contribution in [1.29, 1.82) is 0 Å². The largest absolute Gasteiger partial charge is 0.482 e. The van der Waals surface area contributed by atoms with Gasteiger partial charge in [-0.2, -0.15) is 0 Å². The minimum Gasteiger partial charge on any atom is -0.482 e. The molecule has 0 bridgehead atoms. The molecule has 3 rings (SSSR count). The van der Waals surface area contributed by atoms with Crippen LogP contribution in [0.2, 0.25) is 0 Å². The minimum absolute atomic E-state index is 0.194. The van der Waals surface area contributed by atoms with Gasteiger partial charge in [0.05, 0.1) is 7.11 Å². The molecule has 0 spiro atoms. The number of esters is 1. The lowest BCUT2D eigenvalue weighted by Gasteiger charge is -2.07. The zero-order chi connectivity index (χ0) is 18.4. The molecule has 1 heterocycles. The number of carbonyl (C=O) groups is 2. The van der Waals surface area contributed by atoms with Crippen molar-refractivity contribution in [1.82, 2.24) is 4.98 Å². The second kappa shape index (κ2) is 8.26. The van der Waals surface area contributed by atoms with E-state index in [1.54, 1.807) is 29.6 Å². The summed E-state index contributed by atoms with van der Waals surface area (Å²) in [6, 6.07) is 16.4. The highest BCUT2D eigenvalue weighted by atomic mass is 32.1. The fraction of sp³-hybridized carbons (Fsp3) is 0.105. The molecule has 0 fully saturated rings. The number of benzene rings is 2. The quantitative estimate of drug-likeness (QED) is 0.673. The van der Waals surface area contributed by atoms with E-state index in [0.29, 0.717) is 17.1 Å². The number of hydrogen-bond acceptors (Lipinski definition) is 6. The van der Waals surface area contributed by atoms with Crippen LogP contribution in [0.3, 0.4) is 0 Å². The van der Waals surface area contributed by atoms with Crippen molar-refractivity contribution in [3.05, 3.63) is 65.7 Å². The summed E-state index contributed by atoms with van der Waals surface area (Å²) in [7, 11) is 1.29. The molecular weight excluding hydrogens is 352 g/mol. The molecule has 0 aliphatic rings. The van der Waals surface area contributed by atoms with Gasteiger partial charge in [0.25, 0.3) is 5.91 Å². The molecule has 1 aromatic heterocycles. The summed E-state index contributed by atoms with van der Waals surface area (Å²) in [6.45, 7) is -0.194. The third kappa shape index (κ3) is 4.46. The predicted octanol–water partition coefficient (Wildman–Crippen LogP) is 3.61. The summed E-state index contributed by atoms with van der Waals surface area (Å²) in [6.07, 6.45) is 0. The highest BCUT2D eigenvalue weighted by Gasteiger charge is 2.12. The van der Waals surface area contributed by atoms with Crippen LogP contribution in [0, 0.1) is 0 Å². The monoisotopic (exact) mass is 368 g/mol. The number of anilines is 1. The first-order valence-corrected chi connectivity index (χ1v) is 8.65. The van der Waals surface area contributed by atoms with Gasteiger partial charge < -0.3 is 14.8 Å². The fourth-order valence-electron chi connectivity index (χ4n) is 2.15. The van der Waals surface area contributed by atoms with Gasteiger partial charge in [0.2, 0.25) is 0 Å². The molecular formula is C19H16N2O4S. The molecule has 1 amide bonds. The van der Waals surface area contributed by atoms with Crippen molar-refractivity contribution in [2.24, 2.45) is 0 Å². The summed E-state index contributed by atoms with van der Waals surface area (Å²) in [5.41, 5.74) is 1.86. The van der Waals surface area contributed by atoms with Crippen LogP contribution in [-0.4, -0.2) is 30.6 Å². The van der Waals surface area contributed by atoms with Crippen LogP contribution in [0.1, 0.15) is 10.5 Å². The van der Waals surface area contributed by atoms with E-state index in [9.17, 15) is 9.59 Å². The molecule has 132 valence electrons. The summed E-state index contributed by atoms with van der Waals surface area (Å²) in [4.78, 5) is 27.9. The van der Waals surface area contributed by atoms with E-state index < -0.39 is 5.97 Å². The third-order valence-electron chi connectivity index (χ3n) is 3.43. The Bertz CT molecular complexity index is 909. The number of hydrogen-bond donors (Lipinski definition) is 1. The lowest BCUT2D eigenvalue weighted by atomic mass is 10.2. The van der Waals surface area contributed by atoms with Gasteiger partial charge in [-0.3, -0.25) is 4.79 Å². The Morgan fingerprint density at radius 1 is 1.12 bits per heavy atom. The number of amides is 1. The van der Waals surface area contributed by atoms with Gasteiger partial charge in [-0.25, -0.2) is 9.78 Å². The number of carbonyl (C=O) groups excluding carboxylic acids is 2. The van der Waals surface area contributed by atoms with Gasteiger partial charge in [0, 0.05) is 22.7 Å². The standard InChI is InChI=1S/C19H16N2O4S/c1-24-17(22)11-25-15-9-5-8-14(10-15)20-18(23)16-12-26-19(21-16)13-6-3-2-4-7-13/h2-10,12H,11H2,1H3,(H,20,23). The van der Waals surface area contributed by atoms with Crippen molar-refractivity contribution in [2.75, 3.05) is 19.0 Å². The molecule has 2 aromatic carbocycles. The van der Waals surface area contributed by atoms with E-state index >= 15 is 0 Å². The smallest absolute Gasteiger partial charge is 0.343 e. The van der Waals surface area contributed by atoms with Gasteiger partial charge in [-0.15, -0.1) is 11.3 Å². The molecule has 3 aromatic rings. The molecule has 0 atom stereocenters. The lowest BCUT2D eigenvalue weighted by molar-refractivity contribution is -0.142. The molecule has 26 heavy (non-hydrogen) atoms. The number of rotatable bonds is 6. The van der Waals surface area contributed by atoms with Gasteiger partial charge >= 0.3 is 5.97 Å². The molecule has 0 saturated heterocycles. The number of nitrogens with one attached hydrogen (secondary N) is 1. The van der Waals surface area contributed by atoms with E-state index in [4.69, 9.17) is 4.74 Å². The van der Waals surface area contributed by atoms with Gasteiger partial charge in [-0.1, -0.05) is 36.4 Å². The van der Waals surface area contributed by atoms with E-state index in [2.05, 4.69) is 15.0 Å². The van der Waals surface area contributed by atoms with E-state index in [1.807, 2.05) is 30.3 Å². The fourth-order valence-corrected chi connectivity index (χ4v) is 2.96. The first-order chi connectivity index (χ1) is 12.7. The Labute approximate surface area is 154 Å². The van der Waals surface area contributed by atoms with Crippen molar-refractivity contribution >= 4 is 28.9 Å². The maximum Gasteiger partial charge on any atom is 0.343 e. The Balaban J connectivity index is 1.67. The van der Waals surface area contributed by atoms with Crippen LogP contribution in [0.4, 0.5) is 5.69 Å². The minimum atomic E-state index is -0.477. The highest BCUT2D eigenvalue weighted by molar-refractivity contribution is 7.13. The molecule has 7 heteroatoms. The molecule has 6 nitrogen and oxygen atoms in total. The molecule has 0 aliphatic heterocycles. The van der Waals surface area contributed by atoms with Crippen molar-refractivity contribution < 1.29 is 19.1 Å². The van der Waals surface area contributed by atoms with Gasteiger partial charge in [-0.05, 0) is 12.1 Å². The second-order valence-electron chi connectivity index (χ2n) is 5.25. The van der Waals surface area contributed by atoms with Crippen LogP contribution < -0.4 is 10.1 Å². The number of nitrogens with zero attached hydrogens (tertiary/aromatic N) is 1. The van der Waals surface area contributed by atoms with Crippen LogP contribution in [0.25, 0.3) is 10.6 Å². The molecule has 1 N–H and O–H groups in total. The summed E-state index contributed by atoms with van der Waals surface area (Å²) >= 11 is 1.41. The summed E-state index contributed by atoms with van der Waals surface area (Å²) < 4.78 is 9.83. The lowest BCUT2D eigenvalue weighted by Crippen LogP contribution is -2.14. The van der Waals surface area contributed by atoms with Crippen molar-refractivity contribution in [2.45, 2.75) is 0 Å². The van der Waals surface area contributed by atoms with Crippen LogP contribution >= 0.6 is 11.3 Å².